The zero-order chi connectivity index (χ0) is 15.0. The van der Waals surface area contributed by atoms with Gasteiger partial charge in [0.1, 0.15) is 17.2 Å². The highest BCUT2D eigenvalue weighted by Crippen LogP contribution is 2.13. The molecule has 7 heteroatoms. The van der Waals surface area contributed by atoms with Crippen LogP contribution in [0, 0.1) is 11.6 Å². The van der Waals surface area contributed by atoms with Crippen LogP contribution in [0.15, 0.2) is 47.7 Å². The maximum Gasteiger partial charge on any atom is 0.276 e. The summed E-state index contributed by atoms with van der Waals surface area (Å²) in [4.78, 5) is 24.1. The second-order valence-corrected chi connectivity index (χ2v) is 4.41. The Bertz CT molecular complexity index is 878. The number of aromatic nitrogens is 3. The number of carbonyl (C=O) groups excluding carboxylic acids is 1. The third-order valence-electron chi connectivity index (χ3n) is 3.09. The molecule has 0 fully saturated rings. The van der Waals surface area contributed by atoms with Gasteiger partial charge in [0.05, 0.1) is 18.3 Å². The predicted molar refractivity (Wildman–Crippen MR) is 70.1 cm³/mol. The van der Waals surface area contributed by atoms with Crippen molar-refractivity contribution in [3.8, 4) is 0 Å². The van der Waals surface area contributed by atoms with Crippen molar-refractivity contribution in [3.63, 3.8) is 0 Å². The Labute approximate surface area is 117 Å². The van der Waals surface area contributed by atoms with Gasteiger partial charge >= 0.3 is 0 Å². The topological polar surface area (TPSA) is 56.4 Å². The highest BCUT2D eigenvalue weighted by atomic mass is 19.1. The number of nitrogens with zero attached hydrogens (tertiary/aromatic N) is 3. The SMILES string of the molecule is O=C(Cn1ccn2nccc2c1=O)c1c(F)cccc1F. The van der Waals surface area contributed by atoms with E-state index in [-0.39, 0.29) is 5.52 Å². The van der Waals surface area contributed by atoms with Gasteiger partial charge in [0, 0.05) is 12.4 Å². The molecule has 0 aliphatic heterocycles. The van der Waals surface area contributed by atoms with Crippen LogP contribution in [-0.4, -0.2) is 20.0 Å². The van der Waals surface area contributed by atoms with Crippen molar-refractivity contribution in [3.05, 3.63) is 70.4 Å². The molecular weight excluding hydrogens is 280 g/mol. The molecule has 0 saturated carbocycles. The van der Waals surface area contributed by atoms with Crippen molar-refractivity contribution in [2.45, 2.75) is 6.54 Å². The van der Waals surface area contributed by atoms with Gasteiger partial charge in [-0.15, -0.1) is 0 Å². The van der Waals surface area contributed by atoms with E-state index < -0.39 is 35.1 Å². The minimum Gasteiger partial charge on any atom is -0.304 e. The molecule has 5 nitrogen and oxygen atoms in total. The minimum atomic E-state index is -0.946. The van der Waals surface area contributed by atoms with Crippen LogP contribution in [0.1, 0.15) is 10.4 Å². The summed E-state index contributed by atoms with van der Waals surface area (Å²) in [6.45, 7) is -0.446. The minimum absolute atomic E-state index is 0.277. The second kappa shape index (κ2) is 4.93. The Morgan fingerprint density at radius 2 is 1.86 bits per heavy atom. The molecular formula is C14H9F2N3O2. The van der Waals surface area contributed by atoms with Crippen LogP contribution in [0.25, 0.3) is 5.52 Å². The van der Waals surface area contributed by atoms with Crippen molar-refractivity contribution in [1.82, 2.24) is 14.2 Å². The first-order valence-corrected chi connectivity index (χ1v) is 6.08. The largest absolute Gasteiger partial charge is 0.304 e. The molecule has 0 atom stereocenters. The molecule has 0 spiro atoms. The molecule has 0 aliphatic carbocycles. The molecule has 3 aromatic rings. The third kappa shape index (κ3) is 2.22. The Morgan fingerprint density at radius 3 is 2.57 bits per heavy atom. The van der Waals surface area contributed by atoms with Crippen LogP contribution in [0.2, 0.25) is 0 Å². The van der Waals surface area contributed by atoms with Crippen LogP contribution in [0.4, 0.5) is 8.78 Å². The third-order valence-corrected chi connectivity index (χ3v) is 3.09. The quantitative estimate of drug-likeness (QED) is 0.689. The number of fused-ring (bicyclic) bond motifs is 1. The van der Waals surface area contributed by atoms with Gasteiger partial charge < -0.3 is 4.57 Å². The van der Waals surface area contributed by atoms with Gasteiger partial charge in [0.2, 0.25) is 0 Å². The van der Waals surface area contributed by atoms with E-state index in [1.807, 2.05) is 0 Å². The average molecular weight is 289 g/mol. The summed E-state index contributed by atoms with van der Waals surface area (Å²) in [5, 5.41) is 3.88. The molecule has 0 N–H and O–H groups in total. The normalized spacial score (nSPS) is 11.0. The summed E-state index contributed by atoms with van der Waals surface area (Å²) < 4.78 is 29.5. The fraction of sp³-hybridized carbons (Fsp3) is 0.0714. The van der Waals surface area contributed by atoms with E-state index in [0.717, 1.165) is 16.7 Å². The van der Waals surface area contributed by atoms with E-state index in [1.54, 1.807) is 0 Å². The number of benzene rings is 1. The van der Waals surface area contributed by atoms with Gasteiger partial charge in [-0.3, -0.25) is 9.59 Å². The molecule has 106 valence electrons. The number of carbonyl (C=O) groups is 1. The zero-order valence-corrected chi connectivity index (χ0v) is 10.7. The predicted octanol–water partition coefficient (Wildman–Crippen LogP) is 1.66. The molecule has 0 aliphatic rings. The number of hydrogen-bond acceptors (Lipinski definition) is 3. The standard InChI is InChI=1S/C14H9F2N3O2/c15-9-2-1-3-10(16)13(9)12(20)8-18-6-7-19-11(14(18)21)4-5-17-19/h1-7H,8H2. The van der Waals surface area contributed by atoms with E-state index in [0.29, 0.717) is 0 Å². The molecule has 2 heterocycles. The van der Waals surface area contributed by atoms with E-state index in [4.69, 9.17) is 0 Å². The molecule has 3 rings (SSSR count). The molecule has 1 aromatic carbocycles. The van der Waals surface area contributed by atoms with Gasteiger partial charge in [-0.2, -0.15) is 5.10 Å². The van der Waals surface area contributed by atoms with E-state index in [2.05, 4.69) is 5.10 Å². The lowest BCUT2D eigenvalue weighted by molar-refractivity contribution is 0.0962. The molecule has 0 saturated heterocycles. The summed E-state index contributed by atoms with van der Waals surface area (Å²) in [5.74, 6) is -2.70. The number of ketones is 1. The first-order valence-electron chi connectivity index (χ1n) is 6.08. The molecule has 2 aromatic heterocycles. The maximum atomic E-state index is 13.5. The molecule has 0 radical (unpaired) electrons. The highest BCUT2D eigenvalue weighted by molar-refractivity contribution is 5.96. The number of halogens is 2. The summed E-state index contributed by atoms with van der Waals surface area (Å²) in [6, 6.07) is 4.66. The highest BCUT2D eigenvalue weighted by Gasteiger charge is 2.18. The van der Waals surface area contributed by atoms with E-state index in [1.165, 1.54) is 35.2 Å². The second-order valence-electron chi connectivity index (χ2n) is 4.41. The summed E-state index contributed by atoms with van der Waals surface area (Å²) in [7, 11) is 0. The summed E-state index contributed by atoms with van der Waals surface area (Å²) >= 11 is 0. The van der Waals surface area contributed by atoms with Crippen LogP contribution in [0.5, 0.6) is 0 Å². The van der Waals surface area contributed by atoms with Crippen molar-refractivity contribution >= 4 is 11.3 Å². The lowest BCUT2D eigenvalue weighted by atomic mass is 10.1. The van der Waals surface area contributed by atoms with Crippen LogP contribution in [-0.2, 0) is 6.54 Å². The Hall–Kier alpha value is -2.83. The van der Waals surface area contributed by atoms with E-state index >= 15 is 0 Å². The van der Waals surface area contributed by atoms with Gasteiger partial charge in [-0.05, 0) is 18.2 Å². The van der Waals surface area contributed by atoms with Crippen LogP contribution >= 0.6 is 0 Å². The molecule has 0 amide bonds. The van der Waals surface area contributed by atoms with Crippen molar-refractivity contribution in [1.29, 1.82) is 0 Å². The smallest absolute Gasteiger partial charge is 0.276 e. The summed E-state index contributed by atoms with van der Waals surface area (Å²) in [5.41, 5.74) is -0.822. The first-order chi connectivity index (χ1) is 10.1. The Balaban J connectivity index is 2.00. The van der Waals surface area contributed by atoms with Gasteiger partial charge in [0.15, 0.2) is 5.78 Å². The number of rotatable bonds is 3. The first kappa shape index (κ1) is 13.2. The zero-order valence-electron chi connectivity index (χ0n) is 10.7. The fourth-order valence-corrected chi connectivity index (χ4v) is 2.08. The van der Waals surface area contributed by atoms with E-state index in [9.17, 15) is 18.4 Å². The van der Waals surface area contributed by atoms with Gasteiger partial charge in [0.25, 0.3) is 5.56 Å². The lowest BCUT2D eigenvalue weighted by Crippen LogP contribution is -2.26. The average Bonchev–Trinajstić information content (AvgIpc) is 2.91. The molecule has 0 unspecified atom stereocenters. The Kier molecular flexibility index (Phi) is 3.09. The lowest BCUT2D eigenvalue weighted by Gasteiger charge is -2.07. The number of Topliss-reactive ketones (excluding diaryl/α,β-unsaturated/α-hetero) is 1. The van der Waals surface area contributed by atoms with Gasteiger partial charge in [-0.1, -0.05) is 6.07 Å². The van der Waals surface area contributed by atoms with Gasteiger partial charge in [-0.25, -0.2) is 13.3 Å². The monoisotopic (exact) mass is 289 g/mol. The van der Waals surface area contributed by atoms with Crippen molar-refractivity contribution < 1.29 is 13.6 Å². The maximum absolute atomic E-state index is 13.5. The number of hydrogen-bond donors (Lipinski definition) is 0. The van der Waals surface area contributed by atoms with Crippen molar-refractivity contribution in [2.24, 2.45) is 0 Å². The molecule has 21 heavy (non-hydrogen) atoms. The van der Waals surface area contributed by atoms with Crippen molar-refractivity contribution in [2.75, 3.05) is 0 Å². The van der Waals surface area contributed by atoms with Crippen LogP contribution < -0.4 is 5.56 Å². The fourth-order valence-electron chi connectivity index (χ4n) is 2.08. The van der Waals surface area contributed by atoms with Crippen LogP contribution in [0.3, 0.4) is 0 Å². The summed E-state index contributed by atoms with van der Waals surface area (Å²) in [6.07, 6.45) is 4.28. The molecule has 0 bridgehead atoms. The Morgan fingerprint density at radius 1 is 1.14 bits per heavy atom.